The van der Waals surface area contributed by atoms with Crippen molar-refractivity contribution in [3.05, 3.63) is 29.3 Å². The fraction of sp³-hybridized carbons (Fsp3) is 0.600. The van der Waals surface area contributed by atoms with Crippen LogP contribution < -0.4 is 0 Å². The summed E-state index contributed by atoms with van der Waals surface area (Å²) in [5.74, 6) is -0.589. The van der Waals surface area contributed by atoms with Gasteiger partial charge in [-0.2, -0.15) is 4.31 Å². The van der Waals surface area contributed by atoms with Crippen LogP contribution in [0.25, 0.3) is 0 Å². The second-order valence-corrected chi connectivity index (χ2v) is 8.82. The minimum atomic E-state index is -3.63. The number of ether oxygens (including phenoxy) is 1. The molecular formula is C20H30N2O5S. The number of sulfonamides is 1. The van der Waals surface area contributed by atoms with Gasteiger partial charge >= 0.3 is 5.97 Å². The van der Waals surface area contributed by atoms with Crippen LogP contribution in [0.3, 0.4) is 0 Å². The molecule has 0 bridgehead atoms. The van der Waals surface area contributed by atoms with Gasteiger partial charge in [-0.15, -0.1) is 0 Å². The van der Waals surface area contributed by atoms with Crippen LogP contribution in [0.4, 0.5) is 0 Å². The van der Waals surface area contributed by atoms with Gasteiger partial charge in [-0.05, 0) is 44.4 Å². The predicted molar refractivity (Wildman–Crippen MR) is 107 cm³/mol. The van der Waals surface area contributed by atoms with Crippen molar-refractivity contribution < 1.29 is 22.7 Å². The van der Waals surface area contributed by atoms with Gasteiger partial charge in [-0.1, -0.05) is 19.9 Å². The molecule has 1 aliphatic heterocycles. The molecule has 1 heterocycles. The molecule has 156 valence electrons. The first-order chi connectivity index (χ1) is 13.3. The van der Waals surface area contributed by atoms with E-state index in [9.17, 15) is 18.0 Å². The van der Waals surface area contributed by atoms with Crippen molar-refractivity contribution in [3.8, 4) is 0 Å². The van der Waals surface area contributed by atoms with Crippen LogP contribution in [-0.2, 0) is 19.6 Å². The van der Waals surface area contributed by atoms with Gasteiger partial charge in [-0.3, -0.25) is 9.59 Å². The molecule has 1 fully saturated rings. The predicted octanol–water partition coefficient (Wildman–Crippen LogP) is 2.44. The molecule has 1 aliphatic rings. The molecule has 8 heteroatoms. The molecule has 0 aliphatic carbocycles. The van der Waals surface area contributed by atoms with Crippen molar-refractivity contribution in [2.45, 2.75) is 45.4 Å². The Bertz CT molecular complexity index is 810. The van der Waals surface area contributed by atoms with E-state index in [2.05, 4.69) is 0 Å². The number of hydrogen-bond acceptors (Lipinski definition) is 5. The molecule has 28 heavy (non-hydrogen) atoms. The van der Waals surface area contributed by atoms with E-state index in [-0.39, 0.29) is 22.7 Å². The number of likely N-dealkylation sites (tertiary alicyclic amines) is 1. The third-order valence-corrected chi connectivity index (χ3v) is 7.23. The fourth-order valence-corrected chi connectivity index (χ4v) is 4.94. The highest BCUT2D eigenvalue weighted by atomic mass is 32.2. The van der Waals surface area contributed by atoms with Crippen molar-refractivity contribution in [1.82, 2.24) is 9.21 Å². The summed E-state index contributed by atoms with van der Waals surface area (Å²) >= 11 is 0. The summed E-state index contributed by atoms with van der Waals surface area (Å²) in [6.07, 6.45) is 1.11. The Morgan fingerprint density at radius 1 is 1.14 bits per heavy atom. The minimum Gasteiger partial charge on any atom is -0.466 e. The Hall–Kier alpha value is -1.93. The number of aryl methyl sites for hydroxylation is 1. The number of piperidine rings is 1. The highest BCUT2D eigenvalue weighted by molar-refractivity contribution is 7.89. The molecule has 1 amide bonds. The van der Waals surface area contributed by atoms with Crippen LogP contribution in [-0.4, -0.2) is 62.3 Å². The number of rotatable bonds is 7. The van der Waals surface area contributed by atoms with Crippen molar-refractivity contribution in [1.29, 1.82) is 0 Å². The average molecular weight is 411 g/mol. The van der Waals surface area contributed by atoms with E-state index in [1.165, 1.54) is 10.4 Å². The number of benzene rings is 1. The maximum Gasteiger partial charge on any atom is 0.309 e. The number of carbonyl (C=O) groups excluding carboxylic acids is 2. The first kappa shape index (κ1) is 22.4. The van der Waals surface area contributed by atoms with Crippen molar-refractivity contribution >= 4 is 21.9 Å². The van der Waals surface area contributed by atoms with Gasteiger partial charge in [0.2, 0.25) is 10.0 Å². The Labute approximate surface area is 167 Å². The molecule has 0 N–H and O–H groups in total. The van der Waals surface area contributed by atoms with Gasteiger partial charge in [0.25, 0.3) is 5.91 Å². The van der Waals surface area contributed by atoms with E-state index in [1.807, 2.05) is 0 Å². The Balaban J connectivity index is 2.20. The fourth-order valence-electron chi connectivity index (χ4n) is 3.45. The normalized spacial score (nSPS) is 15.7. The van der Waals surface area contributed by atoms with E-state index >= 15 is 0 Å². The highest BCUT2D eigenvalue weighted by Crippen LogP contribution is 2.24. The largest absolute Gasteiger partial charge is 0.466 e. The van der Waals surface area contributed by atoms with Crippen molar-refractivity contribution in [2.24, 2.45) is 5.92 Å². The van der Waals surface area contributed by atoms with E-state index in [0.717, 1.165) is 5.56 Å². The van der Waals surface area contributed by atoms with Crippen LogP contribution in [0.5, 0.6) is 0 Å². The van der Waals surface area contributed by atoms with Gasteiger partial charge in [0.15, 0.2) is 0 Å². The number of carbonyl (C=O) groups is 2. The Morgan fingerprint density at radius 2 is 1.75 bits per heavy atom. The lowest BCUT2D eigenvalue weighted by Crippen LogP contribution is -2.41. The quantitative estimate of drug-likeness (QED) is 0.645. The summed E-state index contributed by atoms with van der Waals surface area (Å²) < 4.78 is 32.0. The molecule has 0 aromatic heterocycles. The van der Waals surface area contributed by atoms with E-state index < -0.39 is 10.0 Å². The van der Waals surface area contributed by atoms with Crippen LogP contribution in [0, 0.1) is 12.8 Å². The van der Waals surface area contributed by atoms with Crippen LogP contribution in [0.1, 0.15) is 49.5 Å². The zero-order chi connectivity index (χ0) is 20.9. The second kappa shape index (κ2) is 9.52. The molecule has 1 saturated heterocycles. The summed E-state index contributed by atoms with van der Waals surface area (Å²) in [5, 5.41) is 0. The lowest BCUT2D eigenvalue weighted by molar-refractivity contribution is -0.149. The Kier molecular flexibility index (Phi) is 7.60. The molecule has 0 radical (unpaired) electrons. The molecule has 2 rings (SSSR count). The summed E-state index contributed by atoms with van der Waals surface area (Å²) in [6.45, 7) is 9.15. The third kappa shape index (κ3) is 4.72. The first-order valence-corrected chi connectivity index (χ1v) is 11.3. The molecule has 0 spiro atoms. The maximum atomic E-state index is 13.0. The summed E-state index contributed by atoms with van der Waals surface area (Å²) in [6, 6.07) is 4.70. The lowest BCUT2D eigenvalue weighted by atomic mass is 9.96. The third-order valence-electron chi connectivity index (χ3n) is 5.18. The number of amides is 1. The van der Waals surface area contributed by atoms with Crippen LogP contribution in [0.2, 0.25) is 0 Å². The van der Waals surface area contributed by atoms with Crippen molar-refractivity contribution in [2.75, 3.05) is 32.8 Å². The standard InChI is InChI=1S/C20H30N2O5S/c1-5-22(6-2)28(25,26)17-9-8-15(4)18(14-17)19(23)21-12-10-16(11-13-21)20(24)27-7-3/h8-9,14,16H,5-7,10-13H2,1-4H3. The summed E-state index contributed by atoms with van der Waals surface area (Å²) in [5.41, 5.74) is 1.12. The molecular weight excluding hydrogens is 380 g/mol. The SMILES string of the molecule is CCOC(=O)C1CCN(C(=O)c2cc(S(=O)(=O)N(CC)CC)ccc2C)CC1. The average Bonchev–Trinajstić information content (AvgIpc) is 2.68. The topological polar surface area (TPSA) is 84.0 Å². The molecule has 1 aromatic rings. The molecule has 0 atom stereocenters. The van der Waals surface area contributed by atoms with E-state index in [1.54, 1.807) is 44.7 Å². The van der Waals surface area contributed by atoms with Crippen LogP contribution in [0.15, 0.2) is 23.1 Å². The number of esters is 1. The Morgan fingerprint density at radius 3 is 2.29 bits per heavy atom. The second-order valence-electron chi connectivity index (χ2n) is 6.88. The monoisotopic (exact) mass is 410 g/mol. The highest BCUT2D eigenvalue weighted by Gasteiger charge is 2.30. The number of nitrogens with zero attached hydrogens (tertiary/aromatic N) is 2. The maximum absolute atomic E-state index is 13.0. The molecule has 0 unspecified atom stereocenters. The van der Waals surface area contributed by atoms with Gasteiger partial charge in [0, 0.05) is 31.7 Å². The van der Waals surface area contributed by atoms with Gasteiger partial charge in [0.1, 0.15) is 0 Å². The van der Waals surface area contributed by atoms with Gasteiger partial charge in [0.05, 0.1) is 17.4 Å². The van der Waals surface area contributed by atoms with Gasteiger partial charge in [-0.25, -0.2) is 8.42 Å². The zero-order valence-corrected chi connectivity index (χ0v) is 17.9. The summed E-state index contributed by atoms with van der Waals surface area (Å²) in [4.78, 5) is 26.7. The zero-order valence-electron chi connectivity index (χ0n) is 17.1. The molecule has 7 nitrogen and oxygen atoms in total. The first-order valence-electron chi connectivity index (χ1n) is 9.82. The summed E-state index contributed by atoms with van der Waals surface area (Å²) in [7, 11) is -3.63. The smallest absolute Gasteiger partial charge is 0.309 e. The minimum absolute atomic E-state index is 0.131. The van der Waals surface area contributed by atoms with Crippen LogP contribution >= 0.6 is 0 Å². The van der Waals surface area contributed by atoms with Crippen molar-refractivity contribution in [3.63, 3.8) is 0 Å². The van der Waals surface area contributed by atoms with E-state index in [0.29, 0.717) is 51.2 Å². The molecule has 0 saturated carbocycles. The van der Waals surface area contributed by atoms with E-state index in [4.69, 9.17) is 4.74 Å². The number of hydrogen-bond donors (Lipinski definition) is 0. The van der Waals surface area contributed by atoms with Gasteiger partial charge < -0.3 is 9.64 Å². The lowest BCUT2D eigenvalue weighted by Gasteiger charge is -2.31. The molecule has 1 aromatic carbocycles.